The molecule has 0 atom stereocenters. The summed E-state index contributed by atoms with van der Waals surface area (Å²) in [6.45, 7) is 0.768. The van der Waals surface area contributed by atoms with Crippen LogP contribution in [0.2, 0.25) is 10.0 Å². The molecule has 6 heteroatoms. The first kappa shape index (κ1) is 21.0. The molecule has 0 heterocycles. The van der Waals surface area contributed by atoms with Gasteiger partial charge in [-0.1, -0.05) is 65.7 Å². The second kappa shape index (κ2) is 9.29. The topological polar surface area (TPSA) is 58.6 Å². The number of benzene rings is 4. The van der Waals surface area contributed by atoms with Crippen LogP contribution in [0.5, 0.6) is 5.75 Å². The number of hydrogen-bond acceptors (Lipinski definition) is 3. The number of carboxylic acid groups (broad SMARTS) is 1. The number of anilines is 1. The largest absolute Gasteiger partial charge is 0.488 e. The Morgan fingerprint density at radius 1 is 0.935 bits per heavy atom. The lowest BCUT2D eigenvalue weighted by molar-refractivity contribution is 0.0697. The van der Waals surface area contributed by atoms with Gasteiger partial charge in [-0.3, -0.25) is 0 Å². The summed E-state index contributed by atoms with van der Waals surface area (Å²) in [6, 6.07) is 24.1. The van der Waals surface area contributed by atoms with Gasteiger partial charge < -0.3 is 15.2 Å². The molecular weight excluding hydrogens is 433 g/mol. The number of aromatic carboxylic acids is 1. The average molecular weight is 452 g/mol. The third-order valence-electron chi connectivity index (χ3n) is 4.97. The number of rotatable bonds is 7. The lowest BCUT2D eigenvalue weighted by Gasteiger charge is -2.16. The molecule has 0 spiro atoms. The average Bonchev–Trinajstić information content (AvgIpc) is 2.77. The van der Waals surface area contributed by atoms with E-state index in [1.165, 1.54) is 0 Å². The molecule has 4 aromatic rings. The van der Waals surface area contributed by atoms with E-state index < -0.39 is 5.97 Å². The molecule has 4 aromatic carbocycles. The van der Waals surface area contributed by atoms with Gasteiger partial charge >= 0.3 is 5.97 Å². The Morgan fingerprint density at radius 2 is 1.77 bits per heavy atom. The van der Waals surface area contributed by atoms with E-state index in [1.807, 2.05) is 48.5 Å². The summed E-state index contributed by atoms with van der Waals surface area (Å²) in [5.74, 6) is -0.232. The lowest BCUT2D eigenvalue weighted by atomic mass is 10.0. The molecular formula is C25H19Cl2NO3. The van der Waals surface area contributed by atoms with Crippen LogP contribution in [0, 0.1) is 0 Å². The van der Waals surface area contributed by atoms with Crippen molar-refractivity contribution in [1.82, 2.24) is 0 Å². The number of hydrogen-bond donors (Lipinski definition) is 2. The Hall–Kier alpha value is -3.21. The van der Waals surface area contributed by atoms with Crippen LogP contribution in [0.15, 0.2) is 78.9 Å². The first-order valence-corrected chi connectivity index (χ1v) is 10.4. The minimum atomic E-state index is -0.960. The summed E-state index contributed by atoms with van der Waals surface area (Å²) in [5.41, 5.74) is 2.77. The van der Waals surface area contributed by atoms with Crippen molar-refractivity contribution in [2.24, 2.45) is 0 Å². The normalized spacial score (nSPS) is 10.8. The summed E-state index contributed by atoms with van der Waals surface area (Å²) in [6.07, 6.45) is 0. The van der Waals surface area contributed by atoms with E-state index in [-0.39, 0.29) is 5.56 Å². The van der Waals surface area contributed by atoms with Crippen LogP contribution >= 0.6 is 23.2 Å². The Labute approximate surface area is 190 Å². The fourth-order valence-corrected chi connectivity index (χ4v) is 3.84. The van der Waals surface area contributed by atoms with E-state index >= 15 is 0 Å². The maximum Gasteiger partial charge on any atom is 0.335 e. The van der Waals surface area contributed by atoms with Crippen LogP contribution < -0.4 is 10.1 Å². The predicted molar refractivity (Wildman–Crippen MR) is 125 cm³/mol. The van der Waals surface area contributed by atoms with Gasteiger partial charge in [0.05, 0.1) is 5.56 Å². The van der Waals surface area contributed by atoms with Crippen molar-refractivity contribution < 1.29 is 14.6 Å². The van der Waals surface area contributed by atoms with Gasteiger partial charge in [0.1, 0.15) is 12.4 Å². The summed E-state index contributed by atoms with van der Waals surface area (Å²) >= 11 is 12.3. The van der Waals surface area contributed by atoms with Gasteiger partial charge in [-0.2, -0.15) is 0 Å². The van der Waals surface area contributed by atoms with E-state index in [4.69, 9.17) is 27.9 Å². The molecule has 0 saturated carbocycles. The molecule has 4 rings (SSSR count). The van der Waals surface area contributed by atoms with Crippen molar-refractivity contribution in [2.45, 2.75) is 13.2 Å². The van der Waals surface area contributed by atoms with Crippen molar-refractivity contribution in [1.29, 1.82) is 0 Å². The first-order chi connectivity index (χ1) is 15.0. The molecule has 0 unspecified atom stereocenters. The number of ether oxygens (including phenoxy) is 1. The van der Waals surface area contributed by atoms with Crippen LogP contribution in [-0.4, -0.2) is 11.1 Å². The Morgan fingerprint density at radius 3 is 2.58 bits per heavy atom. The van der Waals surface area contributed by atoms with E-state index in [1.54, 1.807) is 30.3 Å². The van der Waals surface area contributed by atoms with Gasteiger partial charge in [0, 0.05) is 33.4 Å². The zero-order chi connectivity index (χ0) is 21.8. The van der Waals surface area contributed by atoms with Crippen LogP contribution in [0.4, 0.5) is 5.69 Å². The highest BCUT2D eigenvalue weighted by molar-refractivity contribution is 6.35. The monoisotopic (exact) mass is 451 g/mol. The SMILES string of the molecule is O=C(O)c1cccc(NCc2c(OCc3ccc(Cl)cc3Cl)ccc3ccccc23)c1. The quantitative estimate of drug-likeness (QED) is 0.316. The van der Waals surface area contributed by atoms with Gasteiger partial charge in [0.25, 0.3) is 0 Å². The number of halogens is 2. The smallest absolute Gasteiger partial charge is 0.335 e. The standard InChI is InChI=1S/C25H19Cl2NO3/c26-19-10-8-18(23(27)13-19)15-31-24-11-9-16-4-1-2-7-21(16)22(24)14-28-20-6-3-5-17(12-20)25(29)30/h1-13,28H,14-15H2,(H,29,30). The van der Waals surface area contributed by atoms with Gasteiger partial charge in [-0.25, -0.2) is 4.79 Å². The Kier molecular flexibility index (Phi) is 6.31. The number of nitrogens with one attached hydrogen (secondary N) is 1. The highest BCUT2D eigenvalue weighted by Gasteiger charge is 2.11. The number of carbonyl (C=O) groups is 1. The Balaban J connectivity index is 1.62. The summed E-state index contributed by atoms with van der Waals surface area (Å²) in [5, 5.41) is 15.8. The van der Waals surface area contributed by atoms with Crippen molar-refractivity contribution in [3.63, 3.8) is 0 Å². The van der Waals surface area contributed by atoms with Gasteiger partial charge in [0.2, 0.25) is 0 Å². The van der Waals surface area contributed by atoms with Gasteiger partial charge in [-0.05, 0) is 47.2 Å². The van der Waals surface area contributed by atoms with E-state index in [0.29, 0.717) is 23.2 Å². The van der Waals surface area contributed by atoms with Crippen molar-refractivity contribution >= 4 is 45.6 Å². The minimum absolute atomic E-state index is 0.233. The molecule has 31 heavy (non-hydrogen) atoms. The molecule has 0 radical (unpaired) electrons. The predicted octanol–water partition coefficient (Wildman–Crippen LogP) is 7.04. The van der Waals surface area contributed by atoms with E-state index in [9.17, 15) is 9.90 Å². The second-order valence-corrected chi connectivity index (χ2v) is 7.87. The third kappa shape index (κ3) is 4.93. The number of carboxylic acids is 1. The van der Waals surface area contributed by atoms with Gasteiger partial charge in [-0.15, -0.1) is 0 Å². The zero-order valence-electron chi connectivity index (χ0n) is 16.4. The molecule has 0 saturated heterocycles. The number of fused-ring (bicyclic) bond motifs is 1. The van der Waals surface area contributed by atoms with Gasteiger partial charge in [0.15, 0.2) is 0 Å². The van der Waals surface area contributed by atoms with E-state index in [0.717, 1.165) is 33.3 Å². The zero-order valence-corrected chi connectivity index (χ0v) is 18.0. The van der Waals surface area contributed by atoms with Crippen LogP contribution in [0.25, 0.3) is 10.8 Å². The molecule has 156 valence electrons. The highest BCUT2D eigenvalue weighted by atomic mass is 35.5. The van der Waals surface area contributed by atoms with Crippen LogP contribution in [0.1, 0.15) is 21.5 Å². The second-order valence-electron chi connectivity index (χ2n) is 7.03. The van der Waals surface area contributed by atoms with E-state index in [2.05, 4.69) is 5.32 Å². The van der Waals surface area contributed by atoms with Crippen molar-refractivity contribution in [3.8, 4) is 5.75 Å². The van der Waals surface area contributed by atoms with Crippen LogP contribution in [0.3, 0.4) is 0 Å². The first-order valence-electron chi connectivity index (χ1n) is 9.66. The minimum Gasteiger partial charge on any atom is -0.488 e. The third-order valence-corrected chi connectivity index (χ3v) is 5.56. The molecule has 0 aliphatic heterocycles. The maximum atomic E-state index is 11.3. The summed E-state index contributed by atoms with van der Waals surface area (Å²) in [4.78, 5) is 11.3. The fourth-order valence-electron chi connectivity index (χ4n) is 3.38. The molecule has 0 aliphatic carbocycles. The molecule has 4 nitrogen and oxygen atoms in total. The molecule has 2 N–H and O–H groups in total. The van der Waals surface area contributed by atoms with Crippen molar-refractivity contribution in [2.75, 3.05) is 5.32 Å². The lowest BCUT2D eigenvalue weighted by Crippen LogP contribution is -2.06. The highest BCUT2D eigenvalue weighted by Crippen LogP contribution is 2.31. The molecule has 0 aliphatic rings. The molecule has 0 aromatic heterocycles. The summed E-state index contributed by atoms with van der Waals surface area (Å²) in [7, 11) is 0. The molecule has 0 amide bonds. The summed E-state index contributed by atoms with van der Waals surface area (Å²) < 4.78 is 6.14. The molecule has 0 fully saturated rings. The molecule has 0 bridgehead atoms. The van der Waals surface area contributed by atoms with Crippen molar-refractivity contribution in [3.05, 3.63) is 106 Å². The fraction of sp³-hybridized carbons (Fsp3) is 0.0800. The Bertz CT molecular complexity index is 1260. The van der Waals surface area contributed by atoms with Crippen LogP contribution in [-0.2, 0) is 13.2 Å². The maximum absolute atomic E-state index is 11.3.